The van der Waals surface area contributed by atoms with Crippen LogP contribution < -0.4 is 21.9 Å². The number of sulfone groups is 1. The van der Waals surface area contributed by atoms with E-state index in [9.17, 15) is 58.8 Å². The summed E-state index contributed by atoms with van der Waals surface area (Å²) in [6.45, 7) is 3.46. The first-order chi connectivity index (χ1) is 33.8. The van der Waals surface area contributed by atoms with Crippen molar-refractivity contribution >= 4 is 88.7 Å². The van der Waals surface area contributed by atoms with Crippen LogP contribution in [-0.4, -0.2) is 94.6 Å². The van der Waals surface area contributed by atoms with Gasteiger partial charge >= 0.3 is 33.5 Å². The molecule has 32 heteroatoms. The van der Waals surface area contributed by atoms with E-state index < -0.39 is 123 Å². The van der Waals surface area contributed by atoms with E-state index >= 15 is 0 Å². The summed E-state index contributed by atoms with van der Waals surface area (Å²) < 4.78 is 110. The Kier molecular flexibility index (Phi) is 17.7. The second kappa shape index (κ2) is 23.1. The predicted octanol–water partition coefficient (Wildman–Crippen LogP) is 5.28. The van der Waals surface area contributed by atoms with Gasteiger partial charge in [-0.05, 0) is 56.3 Å². The maximum absolute atomic E-state index is 14.9. The normalized spacial score (nSPS) is 12.2. The third kappa shape index (κ3) is 14.1. The number of nitrogens with one attached hydrogen (secondary N) is 2. The van der Waals surface area contributed by atoms with Crippen molar-refractivity contribution < 1.29 is 79.8 Å². The van der Waals surface area contributed by atoms with E-state index in [1.165, 1.54) is 19.9 Å². The fourth-order valence-corrected chi connectivity index (χ4v) is 8.48. The van der Waals surface area contributed by atoms with Crippen LogP contribution in [0.25, 0.3) is 5.43 Å². The number of nitrogens with zero attached hydrogens (tertiary/aromatic N) is 10. The molecule has 0 atom stereocenters. The molecule has 0 unspecified atom stereocenters. The summed E-state index contributed by atoms with van der Waals surface area (Å²) in [6.07, 6.45) is 0.322. The molecule has 385 valence electrons. The fourth-order valence-electron chi connectivity index (χ4n) is 6.19. The van der Waals surface area contributed by atoms with E-state index in [2.05, 4.69) is 60.8 Å². The fraction of sp³-hybridized carbons (Fsp3) is 0.146. The van der Waals surface area contributed by atoms with Crippen molar-refractivity contribution in [1.29, 1.82) is 0 Å². The minimum Gasteiger partial charge on any atom is -0.571 e. The van der Waals surface area contributed by atoms with Gasteiger partial charge in [0.2, 0.25) is 27.6 Å². The minimum absolute atomic E-state index is 0. The van der Waals surface area contributed by atoms with Crippen molar-refractivity contribution in [2.75, 3.05) is 23.1 Å². The van der Waals surface area contributed by atoms with Crippen LogP contribution in [0.3, 0.4) is 0 Å². The topological polar surface area (TPSA) is 413 Å². The number of primary amides is 1. The van der Waals surface area contributed by atoms with Gasteiger partial charge in [0.1, 0.15) is 11.3 Å². The number of nitrogens with two attached hydrogens (primary N) is 1. The third-order valence-corrected chi connectivity index (χ3v) is 12.5. The number of phenolic OH excluding ortho intramolecular Hbond substituents is 1. The van der Waals surface area contributed by atoms with Crippen LogP contribution in [-0.2, 0) is 62.9 Å². The molecule has 1 radical (unpaired) electrons. The Morgan fingerprint density at radius 2 is 1.58 bits per heavy atom. The molecule has 0 saturated heterocycles. The van der Waals surface area contributed by atoms with E-state index in [0.29, 0.717) is 10.1 Å². The van der Waals surface area contributed by atoms with Crippen molar-refractivity contribution in [3.8, 4) is 11.6 Å². The first-order valence-corrected chi connectivity index (χ1v) is 24.5. The van der Waals surface area contributed by atoms with Gasteiger partial charge < -0.3 is 41.9 Å². The zero-order valence-corrected chi connectivity index (χ0v) is 40.8. The molecule has 2 aromatic heterocycles. The quantitative estimate of drug-likeness (QED) is 0.00792. The Hall–Kier alpha value is -7.97. The standard InChI is InChI=1S/C41H37FN13O14S3.Cu/c1-21-9-10-25(19-56)29(15-21)50-53-36(24-7-5-4-6-8-24)54-51-31-18-27(71(63,64)65)17-30(34(31)57)45-41-47-39(42)46-40(48-41)44-13-14-55-37(59)32(35(43)58)23(3)33(38(55)60)52-49-28-12-11-26(16-22(28)2)70(61,62)20-69-72(66,67)68;/h4-12,15-18H,13-14,20H2,1-3H3,(H9,43,44,45,46,47,48,49,50,51,52,53,54,56,57,58,59,60,63,64,65,66,67,68);/q-1;+2/p-1. The summed E-state index contributed by atoms with van der Waals surface area (Å²) in [5.74, 6) is -5.70. The molecule has 0 aliphatic rings. The molecule has 0 aliphatic heterocycles. The number of aryl methyl sites for hydroxylation is 2. The van der Waals surface area contributed by atoms with E-state index in [-0.39, 0.29) is 51.0 Å². The molecule has 0 bridgehead atoms. The Bertz CT molecular complexity index is 3640. The average molecular weight is 1110 g/mol. The molecule has 0 spiro atoms. The average Bonchev–Trinajstić information content (AvgIpc) is 3.30. The van der Waals surface area contributed by atoms with Crippen LogP contribution in [0.4, 0.5) is 44.7 Å². The van der Waals surface area contributed by atoms with Gasteiger partial charge in [0, 0.05) is 24.2 Å². The smallest absolute Gasteiger partial charge is 0.571 e. The number of aromatic hydroxyl groups is 2. The first kappa shape index (κ1) is 56.0. The first-order valence-electron chi connectivity index (χ1n) is 20.0. The second-order valence-corrected chi connectivity index (χ2v) is 19.2. The third-order valence-electron chi connectivity index (χ3n) is 9.68. The number of phenols is 1. The minimum atomic E-state index is -5.08. The molecule has 0 aliphatic carbocycles. The van der Waals surface area contributed by atoms with Crippen LogP contribution in [0, 0.1) is 26.8 Å². The van der Waals surface area contributed by atoms with Crippen LogP contribution in [0.5, 0.6) is 11.6 Å². The van der Waals surface area contributed by atoms with Gasteiger partial charge in [-0.2, -0.15) is 47.4 Å². The largest absolute Gasteiger partial charge is 2.00 e. The molecule has 73 heavy (non-hydrogen) atoms. The van der Waals surface area contributed by atoms with Crippen LogP contribution >= 0.6 is 0 Å². The maximum Gasteiger partial charge on any atom is 2.00 e. The molecule has 6 rings (SSSR count). The number of hydrogen-bond donors (Lipinski definition) is 7. The Morgan fingerprint density at radius 1 is 0.877 bits per heavy atom. The number of amidine groups is 1. The van der Waals surface area contributed by atoms with Crippen molar-refractivity contribution in [3.63, 3.8) is 0 Å². The molecule has 27 nitrogen and oxygen atoms in total. The van der Waals surface area contributed by atoms with Gasteiger partial charge in [0.25, 0.3) is 21.6 Å². The number of anilines is 3. The molecule has 0 saturated carbocycles. The Morgan fingerprint density at radius 3 is 2.22 bits per heavy atom. The molecule has 8 N–H and O–H groups in total. The summed E-state index contributed by atoms with van der Waals surface area (Å²) >= 11 is 0. The van der Waals surface area contributed by atoms with Crippen molar-refractivity contribution in [2.24, 2.45) is 31.3 Å². The number of carbonyl (C=O) groups is 1. The number of pyridine rings is 1. The monoisotopic (exact) mass is 1110 g/mol. The summed E-state index contributed by atoms with van der Waals surface area (Å²) in [6, 6.07) is 17.5. The zero-order valence-electron chi connectivity index (χ0n) is 37.5. The summed E-state index contributed by atoms with van der Waals surface area (Å²) in [5, 5.41) is 47.4. The van der Waals surface area contributed by atoms with Gasteiger partial charge in [-0.25, -0.2) is 17.7 Å². The summed E-state index contributed by atoms with van der Waals surface area (Å²) in [7, 11) is -14.5. The molecular formula is C41H36CuFN13O14S3. The molecule has 4 aromatic carbocycles. The van der Waals surface area contributed by atoms with Gasteiger partial charge in [0.15, 0.2) is 17.5 Å². The number of benzene rings is 4. The van der Waals surface area contributed by atoms with Crippen LogP contribution in [0.15, 0.2) is 119 Å². The van der Waals surface area contributed by atoms with Crippen molar-refractivity contribution in [1.82, 2.24) is 19.5 Å². The molecule has 2 heterocycles. The molecular weight excluding hydrogens is 1080 g/mol. The van der Waals surface area contributed by atoms with E-state index in [1.54, 1.807) is 55.7 Å². The number of halogens is 1. The van der Waals surface area contributed by atoms with Gasteiger partial charge in [-0.15, -0.1) is 21.9 Å². The SMILES string of the molecule is Cc1ccc([C-]=O)c(N=N/C(=N\[N-]c2cc(S(=O)(=O)O)cc(Nc3nc(F)nc(NCCn4c(O)c(C(N)=O)c(C)c(N=Nc5ccc(S(=O)(=O)COS(=O)(=O)O)cc5C)c4=O)n3)c2O)c2ccccc2)c1.[Cu+2]. The van der Waals surface area contributed by atoms with Gasteiger partial charge in [-0.1, -0.05) is 53.7 Å². The van der Waals surface area contributed by atoms with E-state index in [1.807, 2.05) is 0 Å². The molecule has 6 aromatic rings. The maximum atomic E-state index is 14.9. The molecule has 0 fully saturated rings. The summed E-state index contributed by atoms with van der Waals surface area (Å²) in [5.41, 5.74) is 7.50. The zero-order chi connectivity index (χ0) is 52.7. The van der Waals surface area contributed by atoms with Crippen molar-refractivity contribution in [2.45, 2.75) is 37.1 Å². The van der Waals surface area contributed by atoms with Gasteiger partial charge in [0.05, 0.1) is 27.5 Å². The van der Waals surface area contributed by atoms with Crippen LogP contribution in [0.2, 0.25) is 0 Å². The Labute approximate surface area is 423 Å². The second-order valence-electron chi connectivity index (χ2n) is 14.7. The predicted molar refractivity (Wildman–Crippen MR) is 252 cm³/mol. The number of aromatic nitrogens is 4. The van der Waals surface area contributed by atoms with Crippen molar-refractivity contribution in [3.05, 3.63) is 134 Å². The molecule has 1 amide bonds. The number of azo groups is 2. The number of rotatable bonds is 19. The number of amides is 1. The van der Waals surface area contributed by atoms with Crippen LogP contribution in [0.1, 0.15) is 38.2 Å². The van der Waals surface area contributed by atoms with Gasteiger partial charge in [-0.3, -0.25) is 23.3 Å². The van der Waals surface area contributed by atoms with E-state index in [4.69, 9.17) is 10.3 Å². The summed E-state index contributed by atoms with van der Waals surface area (Å²) in [4.78, 5) is 47.4. The number of hydrogen-bond acceptors (Lipinski definition) is 21. The number of carbonyl (C=O) groups excluding carboxylic acids is 2. The van der Waals surface area contributed by atoms with E-state index in [0.717, 1.165) is 35.9 Å². The Balaban J connectivity index is 0.00000988.